The monoisotopic (exact) mass is 139 g/mol. The molecule has 58 valence electrons. The van der Waals surface area contributed by atoms with Crippen LogP contribution in [-0.4, -0.2) is 7.05 Å². The van der Waals surface area contributed by atoms with E-state index in [1.807, 2.05) is 13.2 Å². The number of allylic oxidation sites excluding steroid dienone is 3. The zero-order valence-electron chi connectivity index (χ0n) is 7.09. The molecule has 10 heavy (non-hydrogen) atoms. The molecule has 1 nitrogen and oxygen atoms in total. The maximum atomic E-state index is 2.96. The third-order valence-corrected chi connectivity index (χ3v) is 1.24. The molecule has 0 fully saturated rings. The molecule has 0 heterocycles. The lowest BCUT2D eigenvalue weighted by atomic mass is 10.1. The quantitative estimate of drug-likeness (QED) is 0.589. The van der Waals surface area contributed by atoms with Gasteiger partial charge in [0.05, 0.1) is 0 Å². The maximum absolute atomic E-state index is 2.96. The van der Waals surface area contributed by atoms with E-state index in [4.69, 9.17) is 0 Å². The topological polar surface area (TPSA) is 12.0 Å². The van der Waals surface area contributed by atoms with Crippen molar-refractivity contribution in [3.63, 3.8) is 0 Å². The summed E-state index contributed by atoms with van der Waals surface area (Å²) in [6.07, 6.45) is 9.60. The standard InChI is InChI=1S/C9H17N/c1-4-5-6-9(2)7-8-10-3/h5-10H,4H2,1-3H3/b6-5+,8-7-. The minimum atomic E-state index is 0.549. The van der Waals surface area contributed by atoms with Crippen LogP contribution in [0.3, 0.4) is 0 Å². The van der Waals surface area contributed by atoms with Crippen molar-refractivity contribution in [1.29, 1.82) is 0 Å². The SMILES string of the molecule is CC/C=C/C(C)/C=C\NC. The molecule has 1 atom stereocenters. The van der Waals surface area contributed by atoms with Crippen LogP contribution in [0.25, 0.3) is 0 Å². The summed E-state index contributed by atoms with van der Waals surface area (Å²) in [6.45, 7) is 4.31. The predicted octanol–water partition coefficient (Wildman–Crippen LogP) is 2.32. The summed E-state index contributed by atoms with van der Waals surface area (Å²) in [5, 5.41) is 2.96. The molecule has 0 spiro atoms. The fourth-order valence-corrected chi connectivity index (χ4v) is 0.663. The number of hydrogen-bond acceptors (Lipinski definition) is 1. The van der Waals surface area contributed by atoms with Crippen LogP contribution in [-0.2, 0) is 0 Å². The van der Waals surface area contributed by atoms with Crippen LogP contribution < -0.4 is 5.32 Å². The minimum Gasteiger partial charge on any atom is -0.394 e. The molecule has 0 aliphatic carbocycles. The van der Waals surface area contributed by atoms with Gasteiger partial charge in [0.25, 0.3) is 0 Å². The first-order chi connectivity index (χ1) is 4.81. The Morgan fingerprint density at radius 2 is 2.10 bits per heavy atom. The molecular formula is C9H17N. The first kappa shape index (κ1) is 9.28. The Morgan fingerprint density at radius 1 is 1.40 bits per heavy atom. The van der Waals surface area contributed by atoms with Gasteiger partial charge in [-0.05, 0) is 18.5 Å². The Kier molecular flexibility index (Phi) is 5.94. The minimum absolute atomic E-state index is 0.549. The Bertz CT molecular complexity index is 99.9. The van der Waals surface area contributed by atoms with Crippen molar-refractivity contribution < 1.29 is 0 Å². The summed E-state index contributed by atoms with van der Waals surface area (Å²) in [6, 6.07) is 0. The summed E-state index contributed by atoms with van der Waals surface area (Å²) < 4.78 is 0. The van der Waals surface area contributed by atoms with Gasteiger partial charge in [0.1, 0.15) is 0 Å². The van der Waals surface area contributed by atoms with Gasteiger partial charge in [-0.2, -0.15) is 0 Å². The molecule has 1 unspecified atom stereocenters. The molecule has 0 aromatic heterocycles. The van der Waals surface area contributed by atoms with Gasteiger partial charge < -0.3 is 5.32 Å². The maximum Gasteiger partial charge on any atom is 0.00276 e. The van der Waals surface area contributed by atoms with Crippen LogP contribution in [0.2, 0.25) is 0 Å². The van der Waals surface area contributed by atoms with E-state index in [1.165, 1.54) is 0 Å². The molecule has 1 heteroatoms. The third-order valence-electron chi connectivity index (χ3n) is 1.24. The van der Waals surface area contributed by atoms with E-state index in [-0.39, 0.29) is 0 Å². The fraction of sp³-hybridized carbons (Fsp3) is 0.556. The van der Waals surface area contributed by atoms with Crippen molar-refractivity contribution in [2.24, 2.45) is 5.92 Å². The highest BCUT2D eigenvalue weighted by Gasteiger charge is 1.85. The zero-order valence-corrected chi connectivity index (χ0v) is 7.09. The lowest BCUT2D eigenvalue weighted by molar-refractivity contribution is 0.911. The fourth-order valence-electron chi connectivity index (χ4n) is 0.663. The van der Waals surface area contributed by atoms with Crippen molar-refractivity contribution in [2.75, 3.05) is 7.05 Å². The van der Waals surface area contributed by atoms with Crippen LogP contribution in [0.4, 0.5) is 0 Å². The predicted molar refractivity (Wildman–Crippen MR) is 46.8 cm³/mol. The van der Waals surface area contributed by atoms with Crippen molar-refractivity contribution >= 4 is 0 Å². The zero-order chi connectivity index (χ0) is 7.82. The van der Waals surface area contributed by atoms with E-state index < -0.39 is 0 Å². The summed E-state index contributed by atoms with van der Waals surface area (Å²) in [7, 11) is 1.91. The molecule has 0 bridgehead atoms. The second kappa shape index (κ2) is 6.40. The summed E-state index contributed by atoms with van der Waals surface area (Å²) >= 11 is 0. The number of hydrogen-bond donors (Lipinski definition) is 1. The Balaban J connectivity index is 3.52. The molecule has 0 saturated heterocycles. The van der Waals surface area contributed by atoms with Crippen molar-refractivity contribution in [3.8, 4) is 0 Å². The van der Waals surface area contributed by atoms with E-state index in [1.54, 1.807) is 0 Å². The van der Waals surface area contributed by atoms with Gasteiger partial charge in [-0.3, -0.25) is 0 Å². The first-order valence-electron chi connectivity index (χ1n) is 3.81. The van der Waals surface area contributed by atoms with E-state index >= 15 is 0 Å². The highest BCUT2D eigenvalue weighted by molar-refractivity contribution is 4.97. The Morgan fingerprint density at radius 3 is 2.60 bits per heavy atom. The molecule has 0 aliphatic rings. The van der Waals surface area contributed by atoms with Crippen LogP contribution >= 0.6 is 0 Å². The summed E-state index contributed by atoms with van der Waals surface area (Å²) in [4.78, 5) is 0. The smallest absolute Gasteiger partial charge is 0.00276 e. The summed E-state index contributed by atoms with van der Waals surface area (Å²) in [5.41, 5.74) is 0. The number of rotatable bonds is 4. The summed E-state index contributed by atoms with van der Waals surface area (Å²) in [5.74, 6) is 0.549. The van der Waals surface area contributed by atoms with Gasteiger partial charge in [-0.25, -0.2) is 0 Å². The van der Waals surface area contributed by atoms with Gasteiger partial charge in [0, 0.05) is 7.05 Å². The molecule has 0 aromatic carbocycles. The lowest BCUT2D eigenvalue weighted by Gasteiger charge is -1.95. The lowest BCUT2D eigenvalue weighted by Crippen LogP contribution is -1.93. The highest BCUT2D eigenvalue weighted by Crippen LogP contribution is 1.98. The second-order valence-corrected chi connectivity index (χ2v) is 2.34. The van der Waals surface area contributed by atoms with Gasteiger partial charge in [0.15, 0.2) is 0 Å². The van der Waals surface area contributed by atoms with Crippen molar-refractivity contribution in [1.82, 2.24) is 5.32 Å². The average molecular weight is 139 g/mol. The van der Waals surface area contributed by atoms with Crippen LogP contribution in [0.15, 0.2) is 24.4 Å². The molecule has 1 N–H and O–H groups in total. The van der Waals surface area contributed by atoms with Crippen LogP contribution in [0.5, 0.6) is 0 Å². The Labute approximate surface area is 63.8 Å². The third kappa shape index (κ3) is 5.42. The van der Waals surface area contributed by atoms with Gasteiger partial charge in [-0.1, -0.05) is 32.1 Å². The van der Waals surface area contributed by atoms with Crippen molar-refractivity contribution in [3.05, 3.63) is 24.4 Å². The van der Waals surface area contributed by atoms with Gasteiger partial charge in [-0.15, -0.1) is 0 Å². The molecular weight excluding hydrogens is 122 g/mol. The van der Waals surface area contributed by atoms with Crippen LogP contribution in [0.1, 0.15) is 20.3 Å². The van der Waals surface area contributed by atoms with E-state index in [2.05, 4.69) is 37.4 Å². The van der Waals surface area contributed by atoms with E-state index in [0.29, 0.717) is 5.92 Å². The molecule has 0 aromatic rings. The second-order valence-electron chi connectivity index (χ2n) is 2.34. The molecule has 0 amide bonds. The Hall–Kier alpha value is -0.720. The van der Waals surface area contributed by atoms with Gasteiger partial charge in [0.2, 0.25) is 0 Å². The normalized spacial score (nSPS) is 14.7. The van der Waals surface area contributed by atoms with Gasteiger partial charge >= 0.3 is 0 Å². The molecule has 0 aliphatic heterocycles. The van der Waals surface area contributed by atoms with Crippen LogP contribution in [0, 0.1) is 5.92 Å². The molecule has 0 radical (unpaired) electrons. The van der Waals surface area contributed by atoms with E-state index in [9.17, 15) is 0 Å². The molecule has 0 rings (SSSR count). The largest absolute Gasteiger partial charge is 0.394 e. The first-order valence-corrected chi connectivity index (χ1v) is 3.81. The number of nitrogens with one attached hydrogen (secondary N) is 1. The highest BCUT2D eigenvalue weighted by atomic mass is 14.8. The molecule has 0 saturated carbocycles. The van der Waals surface area contributed by atoms with E-state index in [0.717, 1.165) is 6.42 Å². The average Bonchev–Trinajstić information content (AvgIpc) is 1.97. The van der Waals surface area contributed by atoms with Crippen molar-refractivity contribution in [2.45, 2.75) is 20.3 Å².